The average molecular weight is 265 g/mol. The van der Waals surface area contributed by atoms with E-state index in [1.807, 2.05) is 0 Å². The molecule has 0 aliphatic carbocycles. The predicted octanol–water partition coefficient (Wildman–Crippen LogP) is -4.22. The monoisotopic (exact) mass is 265 g/mol. The number of rotatable bonds is 4. The zero-order valence-corrected chi connectivity index (χ0v) is 12.5. The van der Waals surface area contributed by atoms with Crippen molar-refractivity contribution in [2.24, 2.45) is 0 Å². The van der Waals surface area contributed by atoms with E-state index in [9.17, 15) is 4.79 Å². The number of nitrogens with zero attached hydrogens (tertiary/aromatic N) is 3. The number of hydrogen-bond acceptors (Lipinski definition) is 6. The summed E-state index contributed by atoms with van der Waals surface area (Å²) < 4.78 is 6.63. The number of fused-ring (bicyclic) bond motifs is 1. The van der Waals surface area contributed by atoms with Gasteiger partial charge in [0, 0.05) is 0 Å². The fourth-order valence-corrected chi connectivity index (χ4v) is 1.29. The van der Waals surface area contributed by atoms with Crippen molar-refractivity contribution >= 4 is 17.1 Å². The van der Waals surface area contributed by atoms with Crippen molar-refractivity contribution in [3.05, 3.63) is 16.7 Å². The van der Waals surface area contributed by atoms with Crippen LogP contribution in [0.25, 0.3) is 11.2 Å². The van der Waals surface area contributed by atoms with Crippen molar-refractivity contribution in [1.82, 2.24) is 19.5 Å². The van der Waals surface area contributed by atoms with Crippen LogP contribution in [0.15, 0.2) is 11.1 Å². The van der Waals surface area contributed by atoms with E-state index in [0.717, 1.165) is 0 Å². The molecule has 0 atom stereocenters. The van der Waals surface area contributed by atoms with Gasteiger partial charge in [-0.1, -0.05) is 0 Å². The topological polar surface area (TPSA) is 119 Å². The molecular formula is C8H12KN5O3. The van der Waals surface area contributed by atoms with Crippen LogP contribution in [-0.2, 0) is 11.5 Å². The molecule has 17 heavy (non-hydrogen) atoms. The van der Waals surface area contributed by atoms with Gasteiger partial charge in [-0.2, -0.15) is 4.98 Å². The van der Waals surface area contributed by atoms with Gasteiger partial charge in [-0.05, 0) is 0 Å². The molecule has 0 bridgehead atoms. The number of aromatic nitrogens is 4. The maximum atomic E-state index is 11.4. The largest absolute Gasteiger partial charge is 1.00 e. The van der Waals surface area contributed by atoms with Gasteiger partial charge < -0.3 is 17.0 Å². The Morgan fingerprint density at radius 2 is 2.41 bits per heavy atom. The molecule has 0 saturated heterocycles. The molecule has 0 saturated carbocycles. The quantitative estimate of drug-likeness (QED) is 0.381. The van der Waals surface area contributed by atoms with E-state index in [1.54, 1.807) is 0 Å². The summed E-state index contributed by atoms with van der Waals surface area (Å²) in [4.78, 5) is 21.6. The molecule has 2 aromatic heterocycles. The average Bonchev–Trinajstić information content (AvgIpc) is 2.62. The van der Waals surface area contributed by atoms with Crippen LogP contribution in [0.4, 0.5) is 5.95 Å². The molecule has 2 aromatic rings. The normalized spacial score (nSPS) is 10.4. The van der Waals surface area contributed by atoms with Crippen LogP contribution in [0, 0.1) is 0 Å². The van der Waals surface area contributed by atoms with Gasteiger partial charge in [-0.3, -0.25) is 14.3 Å². The minimum absolute atomic E-state index is 0. The zero-order valence-electron chi connectivity index (χ0n) is 10.4. The third-order valence-corrected chi connectivity index (χ3v) is 1.96. The molecule has 0 aliphatic heterocycles. The van der Waals surface area contributed by atoms with Crippen LogP contribution in [0.3, 0.4) is 0 Å². The number of nitrogens with one attached hydrogen (secondary N) is 1. The van der Waals surface area contributed by atoms with Crippen LogP contribution < -0.4 is 62.7 Å². The van der Waals surface area contributed by atoms with Crippen LogP contribution >= 0.6 is 0 Å². The van der Waals surface area contributed by atoms with Crippen molar-refractivity contribution in [2.75, 3.05) is 18.9 Å². The molecule has 0 spiro atoms. The molecule has 0 aliphatic rings. The summed E-state index contributed by atoms with van der Waals surface area (Å²) in [5.41, 5.74) is 5.60. The number of aromatic amines is 1. The van der Waals surface area contributed by atoms with Gasteiger partial charge in [0.25, 0.3) is 5.56 Å². The number of imidazole rings is 1. The minimum atomic E-state index is -0.386. The van der Waals surface area contributed by atoms with E-state index >= 15 is 0 Å². The maximum absolute atomic E-state index is 11.4. The summed E-state index contributed by atoms with van der Waals surface area (Å²) in [6, 6.07) is 0. The molecule has 9 heteroatoms. The Balaban J connectivity index is 0.00000144. The van der Waals surface area contributed by atoms with E-state index in [0.29, 0.717) is 5.65 Å². The van der Waals surface area contributed by atoms with Gasteiger partial charge in [0.05, 0.1) is 19.5 Å². The van der Waals surface area contributed by atoms with Gasteiger partial charge in [0.2, 0.25) is 5.95 Å². The summed E-state index contributed by atoms with van der Waals surface area (Å²) in [5.74, 6) is 0.0291. The van der Waals surface area contributed by atoms with E-state index in [1.165, 1.54) is 10.9 Å². The first-order valence-corrected chi connectivity index (χ1v) is 4.61. The number of aliphatic hydroxyl groups is 1. The Labute approximate surface area is 140 Å². The minimum Gasteiger partial charge on any atom is -1.00 e. The fraction of sp³-hybridized carbons (Fsp3) is 0.375. The van der Waals surface area contributed by atoms with E-state index < -0.39 is 0 Å². The molecule has 2 rings (SSSR count). The van der Waals surface area contributed by atoms with Crippen LogP contribution in [0.5, 0.6) is 0 Å². The first-order valence-electron chi connectivity index (χ1n) is 4.61. The fourth-order valence-electron chi connectivity index (χ4n) is 1.29. The number of nitrogens with two attached hydrogens (primary N) is 1. The predicted molar refractivity (Wildman–Crippen MR) is 56.7 cm³/mol. The van der Waals surface area contributed by atoms with E-state index in [-0.39, 0.29) is 89.8 Å². The van der Waals surface area contributed by atoms with Crippen molar-refractivity contribution in [2.45, 2.75) is 6.73 Å². The van der Waals surface area contributed by atoms with Crippen molar-refractivity contribution < 1.29 is 62.7 Å². The van der Waals surface area contributed by atoms with Gasteiger partial charge in [-0.25, -0.2) is 4.98 Å². The molecule has 0 radical (unpaired) electrons. The third kappa shape index (κ3) is 3.34. The molecule has 0 fully saturated rings. The second-order valence-electron chi connectivity index (χ2n) is 3.10. The Morgan fingerprint density at radius 1 is 1.65 bits per heavy atom. The maximum Gasteiger partial charge on any atom is 1.00 e. The third-order valence-electron chi connectivity index (χ3n) is 1.96. The summed E-state index contributed by atoms with van der Waals surface area (Å²) in [5, 5.41) is 8.56. The second kappa shape index (κ2) is 6.59. The summed E-state index contributed by atoms with van der Waals surface area (Å²) in [7, 11) is 0. The van der Waals surface area contributed by atoms with Crippen LogP contribution in [0.1, 0.15) is 1.43 Å². The summed E-state index contributed by atoms with van der Waals surface area (Å²) in [6.45, 7) is 0.300. The smallest absolute Gasteiger partial charge is 1.00 e. The Bertz CT molecular complexity index is 557. The molecule has 2 heterocycles. The standard InChI is InChI=1S/C8H11N5O3.K.H/c9-8-11-6-5(7(15)12-8)10-3-13(6)4-16-2-1-14;;/h3,14H,1-2,4H2,(H3,9,11,12,15);;/q;+1;-1. The molecule has 4 N–H and O–H groups in total. The Kier molecular flexibility index (Phi) is 5.72. The van der Waals surface area contributed by atoms with Crippen LogP contribution in [-0.4, -0.2) is 37.8 Å². The summed E-state index contributed by atoms with van der Waals surface area (Å²) in [6.07, 6.45) is 1.43. The molecule has 88 valence electrons. The Hall–Kier alpha value is -0.294. The van der Waals surface area contributed by atoms with E-state index in [4.69, 9.17) is 15.6 Å². The number of aliphatic hydroxyl groups excluding tert-OH is 1. The molecule has 0 unspecified atom stereocenters. The number of H-pyrrole nitrogens is 1. The molecule has 8 nitrogen and oxygen atoms in total. The second-order valence-corrected chi connectivity index (χ2v) is 3.10. The first-order chi connectivity index (χ1) is 7.72. The molecule has 0 amide bonds. The SMILES string of the molecule is Nc1nc2c(ncn2COCCO)c(=O)[nH]1.[H-].[K+]. The summed E-state index contributed by atoms with van der Waals surface area (Å²) >= 11 is 0. The number of hydrogen-bond donors (Lipinski definition) is 3. The van der Waals surface area contributed by atoms with Crippen molar-refractivity contribution in [3.63, 3.8) is 0 Å². The Morgan fingerprint density at radius 3 is 3.12 bits per heavy atom. The molecule has 0 aromatic carbocycles. The van der Waals surface area contributed by atoms with Crippen LogP contribution in [0.2, 0.25) is 0 Å². The van der Waals surface area contributed by atoms with Gasteiger partial charge in [0.1, 0.15) is 6.73 Å². The number of anilines is 1. The van der Waals surface area contributed by atoms with E-state index in [2.05, 4.69) is 15.0 Å². The zero-order chi connectivity index (χ0) is 11.5. The number of nitrogen functional groups attached to an aromatic ring is 1. The van der Waals surface area contributed by atoms with Gasteiger partial charge >= 0.3 is 51.4 Å². The van der Waals surface area contributed by atoms with Gasteiger partial charge in [-0.15, -0.1) is 0 Å². The first kappa shape index (κ1) is 14.8. The van der Waals surface area contributed by atoms with Crippen molar-refractivity contribution in [3.8, 4) is 0 Å². The van der Waals surface area contributed by atoms with Gasteiger partial charge in [0.15, 0.2) is 11.2 Å². The molecular weight excluding hydrogens is 253 g/mol. The van der Waals surface area contributed by atoms with Crippen molar-refractivity contribution in [1.29, 1.82) is 0 Å². The number of ether oxygens (including phenoxy) is 1.